The Labute approximate surface area is 99.7 Å². The van der Waals surface area contributed by atoms with Crippen molar-refractivity contribution in [1.82, 2.24) is 9.97 Å². The molecule has 0 radical (unpaired) electrons. The minimum Gasteiger partial charge on any atom is -0.340 e. The molecule has 0 bridgehead atoms. The number of aryl methyl sites for hydroxylation is 2. The first-order chi connectivity index (χ1) is 8.19. The molecule has 0 fully saturated rings. The highest BCUT2D eigenvalue weighted by molar-refractivity contribution is 5.83. The highest BCUT2D eigenvalue weighted by atomic mass is 16.1. The van der Waals surface area contributed by atoms with Gasteiger partial charge in [-0.2, -0.15) is 0 Å². The average molecular weight is 227 g/mol. The topological polar surface area (TPSA) is 54.9 Å². The number of aromatic nitrogens is 2. The van der Waals surface area contributed by atoms with Gasteiger partial charge in [0.05, 0.1) is 5.56 Å². The zero-order chi connectivity index (χ0) is 12.3. The lowest BCUT2D eigenvalue weighted by atomic mass is 10.2. The van der Waals surface area contributed by atoms with E-state index in [0.717, 1.165) is 12.0 Å². The number of nitrogens with one attached hydrogen (secondary N) is 1. The molecule has 0 unspecified atom stereocenters. The molecule has 4 heteroatoms. The standard InChI is InChI=1S/C13H13N3O/c1-9-3-5-12(6-4-9)16-13-11(8-17)7-14-10(2)15-13/h3-8H,1-2H3,(H,14,15,16). The summed E-state index contributed by atoms with van der Waals surface area (Å²) < 4.78 is 0. The van der Waals surface area contributed by atoms with E-state index in [1.54, 1.807) is 6.92 Å². The zero-order valence-electron chi connectivity index (χ0n) is 9.77. The van der Waals surface area contributed by atoms with E-state index in [2.05, 4.69) is 15.3 Å². The van der Waals surface area contributed by atoms with Crippen LogP contribution in [0.15, 0.2) is 30.5 Å². The Bertz CT molecular complexity index is 535. The summed E-state index contributed by atoms with van der Waals surface area (Å²) in [5, 5.41) is 3.11. The second-order valence-corrected chi connectivity index (χ2v) is 3.83. The molecule has 1 N–H and O–H groups in total. The Morgan fingerprint density at radius 2 is 1.88 bits per heavy atom. The molecule has 86 valence electrons. The number of carbonyl (C=O) groups is 1. The van der Waals surface area contributed by atoms with Gasteiger partial charge in [-0.15, -0.1) is 0 Å². The maximum atomic E-state index is 10.9. The molecule has 1 aromatic heterocycles. The first-order valence-electron chi connectivity index (χ1n) is 5.31. The lowest BCUT2D eigenvalue weighted by Crippen LogP contribution is -2.01. The van der Waals surface area contributed by atoms with E-state index in [4.69, 9.17) is 0 Å². The number of anilines is 2. The largest absolute Gasteiger partial charge is 0.340 e. The molecule has 0 aliphatic carbocycles. The second kappa shape index (κ2) is 4.74. The molecular formula is C13H13N3O. The Kier molecular flexibility index (Phi) is 3.14. The smallest absolute Gasteiger partial charge is 0.155 e. The summed E-state index contributed by atoms with van der Waals surface area (Å²) in [6.07, 6.45) is 2.27. The van der Waals surface area contributed by atoms with Crippen molar-refractivity contribution in [2.75, 3.05) is 5.32 Å². The van der Waals surface area contributed by atoms with Gasteiger partial charge in [0.2, 0.25) is 0 Å². The lowest BCUT2D eigenvalue weighted by molar-refractivity contribution is 0.112. The van der Waals surface area contributed by atoms with Crippen LogP contribution in [0.1, 0.15) is 21.7 Å². The van der Waals surface area contributed by atoms with Gasteiger partial charge in [0.15, 0.2) is 6.29 Å². The fraction of sp³-hybridized carbons (Fsp3) is 0.154. The summed E-state index contributed by atoms with van der Waals surface area (Å²) in [5.74, 6) is 1.17. The summed E-state index contributed by atoms with van der Waals surface area (Å²) in [6, 6.07) is 7.89. The number of benzene rings is 1. The van der Waals surface area contributed by atoms with E-state index in [1.165, 1.54) is 11.8 Å². The van der Waals surface area contributed by atoms with Crippen LogP contribution in [0.5, 0.6) is 0 Å². The third-order valence-electron chi connectivity index (χ3n) is 2.38. The van der Waals surface area contributed by atoms with Crippen LogP contribution in [0.25, 0.3) is 0 Å². The molecule has 2 rings (SSSR count). The van der Waals surface area contributed by atoms with Crippen LogP contribution in [0.3, 0.4) is 0 Å². The van der Waals surface area contributed by atoms with Crippen molar-refractivity contribution in [3.05, 3.63) is 47.4 Å². The van der Waals surface area contributed by atoms with Crippen LogP contribution in [-0.2, 0) is 0 Å². The lowest BCUT2D eigenvalue weighted by Gasteiger charge is -2.08. The maximum Gasteiger partial charge on any atom is 0.155 e. The fourth-order valence-electron chi connectivity index (χ4n) is 1.44. The molecule has 1 aromatic carbocycles. The first kappa shape index (κ1) is 11.3. The number of nitrogens with zero attached hydrogens (tertiary/aromatic N) is 2. The van der Waals surface area contributed by atoms with Crippen molar-refractivity contribution in [3.63, 3.8) is 0 Å². The quantitative estimate of drug-likeness (QED) is 0.819. The van der Waals surface area contributed by atoms with Crippen LogP contribution in [0.4, 0.5) is 11.5 Å². The van der Waals surface area contributed by atoms with E-state index in [0.29, 0.717) is 17.2 Å². The van der Waals surface area contributed by atoms with Gasteiger partial charge in [0.25, 0.3) is 0 Å². The monoisotopic (exact) mass is 227 g/mol. The van der Waals surface area contributed by atoms with Gasteiger partial charge in [-0.05, 0) is 26.0 Å². The molecule has 17 heavy (non-hydrogen) atoms. The third-order valence-corrected chi connectivity index (χ3v) is 2.38. The van der Waals surface area contributed by atoms with Crippen LogP contribution >= 0.6 is 0 Å². The molecule has 1 heterocycles. The summed E-state index contributed by atoms with van der Waals surface area (Å²) >= 11 is 0. The Morgan fingerprint density at radius 1 is 1.18 bits per heavy atom. The van der Waals surface area contributed by atoms with Gasteiger partial charge >= 0.3 is 0 Å². The van der Waals surface area contributed by atoms with Crippen molar-refractivity contribution in [3.8, 4) is 0 Å². The van der Waals surface area contributed by atoms with E-state index in [1.807, 2.05) is 31.2 Å². The number of hydrogen-bond acceptors (Lipinski definition) is 4. The van der Waals surface area contributed by atoms with Gasteiger partial charge in [0.1, 0.15) is 11.6 Å². The highest BCUT2D eigenvalue weighted by Gasteiger charge is 2.04. The van der Waals surface area contributed by atoms with E-state index < -0.39 is 0 Å². The van der Waals surface area contributed by atoms with E-state index >= 15 is 0 Å². The summed E-state index contributed by atoms with van der Waals surface area (Å²) in [6.45, 7) is 3.81. The summed E-state index contributed by atoms with van der Waals surface area (Å²) in [5.41, 5.74) is 2.54. The number of hydrogen-bond donors (Lipinski definition) is 1. The average Bonchev–Trinajstić information content (AvgIpc) is 2.32. The Balaban J connectivity index is 2.31. The molecule has 0 aliphatic rings. The Hall–Kier alpha value is -2.23. The van der Waals surface area contributed by atoms with Crippen molar-refractivity contribution < 1.29 is 4.79 Å². The minimum absolute atomic E-state index is 0.455. The SMILES string of the molecule is Cc1ccc(Nc2nc(C)ncc2C=O)cc1. The van der Waals surface area contributed by atoms with Crippen LogP contribution < -0.4 is 5.32 Å². The molecule has 0 spiro atoms. The fourth-order valence-corrected chi connectivity index (χ4v) is 1.44. The van der Waals surface area contributed by atoms with Crippen molar-refractivity contribution in [1.29, 1.82) is 0 Å². The Morgan fingerprint density at radius 3 is 2.53 bits per heavy atom. The van der Waals surface area contributed by atoms with Gasteiger partial charge in [-0.1, -0.05) is 17.7 Å². The predicted octanol–water partition coefficient (Wildman–Crippen LogP) is 2.65. The second-order valence-electron chi connectivity index (χ2n) is 3.83. The molecule has 0 aliphatic heterocycles. The van der Waals surface area contributed by atoms with Gasteiger partial charge in [-0.25, -0.2) is 9.97 Å². The third kappa shape index (κ3) is 2.66. The molecule has 4 nitrogen and oxygen atoms in total. The van der Waals surface area contributed by atoms with Crippen molar-refractivity contribution in [2.45, 2.75) is 13.8 Å². The summed E-state index contributed by atoms with van der Waals surface area (Å²) in [4.78, 5) is 19.1. The van der Waals surface area contributed by atoms with Crippen molar-refractivity contribution in [2.24, 2.45) is 0 Å². The molecule has 0 amide bonds. The van der Waals surface area contributed by atoms with Gasteiger partial charge < -0.3 is 5.32 Å². The normalized spacial score (nSPS) is 10.0. The zero-order valence-corrected chi connectivity index (χ0v) is 9.77. The molecule has 0 atom stereocenters. The molecule has 0 saturated heterocycles. The van der Waals surface area contributed by atoms with E-state index in [-0.39, 0.29) is 0 Å². The van der Waals surface area contributed by atoms with Crippen LogP contribution in [-0.4, -0.2) is 16.3 Å². The van der Waals surface area contributed by atoms with E-state index in [9.17, 15) is 4.79 Å². The van der Waals surface area contributed by atoms with Crippen LogP contribution in [0, 0.1) is 13.8 Å². The first-order valence-corrected chi connectivity index (χ1v) is 5.31. The predicted molar refractivity (Wildman–Crippen MR) is 66.6 cm³/mol. The van der Waals surface area contributed by atoms with Gasteiger partial charge in [0, 0.05) is 11.9 Å². The molecule has 2 aromatic rings. The summed E-state index contributed by atoms with van der Waals surface area (Å²) in [7, 11) is 0. The number of rotatable bonds is 3. The number of carbonyl (C=O) groups excluding carboxylic acids is 1. The molecule has 0 saturated carbocycles. The minimum atomic E-state index is 0.455. The van der Waals surface area contributed by atoms with Crippen LogP contribution in [0.2, 0.25) is 0 Å². The highest BCUT2D eigenvalue weighted by Crippen LogP contribution is 2.17. The molecular weight excluding hydrogens is 214 g/mol. The maximum absolute atomic E-state index is 10.9. The van der Waals surface area contributed by atoms with Gasteiger partial charge in [-0.3, -0.25) is 4.79 Å². The van der Waals surface area contributed by atoms with Crippen molar-refractivity contribution >= 4 is 17.8 Å². The number of aldehydes is 1.